The van der Waals surface area contributed by atoms with Crippen LogP contribution in [-0.2, 0) is 11.2 Å². The molecule has 1 heterocycles. The second kappa shape index (κ2) is 17.7. The third kappa shape index (κ3) is 10.6. The van der Waals surface area contributed by atoms with Gasteiger partial charge in [-0.05, 0) is 114 Å². The molecule has 0 spiro atoms. The standard InChI is InChI=1S/C38H60N3O2/c1-7-8-14-25-41(29-42,28-35(43)27-36-30(2)18-16-19-31(36)3)26-15-10-9-12-23-40-24-13-11-22-37(40)34(6)39-38-32(4)20-17-21-33(38)5/h16-21,37,39,42H,6-15,22-29H2,1-5H3/q+1. The van der Waals surface area contributed by atoms with E-state index in [0.29, 0.717) is 23.5 Å². The first kappa shape index (κ1) is 35.0. The highest BCUT2D eigenvalue weighted by molar-refractivity contribution is 5.82. The molecular formula is C38H60N3O2+. The van der Waals surface area contributed by atoms with Crippen molar-refractivity contribution in [3.8, 4) is 0 Å². The van der Waals surface area contributed by atoms with Gasteiger partial charge in [0.25, 0.3) is 0 Å². The van der Waals surface area contributed by atoms with Crippen LogP contribution >= 0.6 is 0 Å². The number of piperidine rings is 1. The number of ketones is 1. The summed E-state index contributed by atoms with van der Waals surface area (Å²) < 4.78 is 0.516. The van der Waals surface area contributed by atoms with E-state index in [4.69, 9.17) is 0 Å². The maximum Gasteiger partial charge on any atom is 0.191 e. The third-order valence-corrected chi connectivity index (χ3v) is 9.68. The number of nitrogens with zero attached hydrogens (tertiary/aromatic N) is 2. The molecule has 43 heavy (non-hydrogen) atoms. The number of aliphatic hydroxyl groups is 1. The highest BCUT2D eigenvalue weighted by atomic mass is 16.3. The van der Waals surface area contributed by atoms with Gasteiger partial charge in [0.2, 0.25) is 0 Å². The number of nitrogens with one attached hydrogen (secondary N) is 1. The van der Waals surface area contributed by atoms with Crippen LogP contribution in [0.1, 0.15) is 98.9 Å². The lowest BCUT2D eigenvalue weighted by Gasteiger charge is -2.37. The minimum Gasteiger partial charge on any atom is -0.358 e. The maximum atomic E-state index is 13.3. The van der Waals surface area contributed by atoms with Crippen LogP contribution in [0.4, 0.5) is 5.69 Å². The lowest BCUT2D eigenvalue weighted by Crippen LogP contribution is -2.53. The number of anilines is 1. The molecule has 0 saturated carbocycles. The molecule has 1 saturated heterocycles. The first-order valence-corrected chi connectivity index (χ1v) is 17.0. The number of aryl methyl sites for hydroxylation is 4. The summed E-state index contributed by atoms with van der Waals surface area (Å²) in [5.41, 5.74) is 8.38. The molecule has 3 rings (SSSR count). The number of hydrogen-bond donors (Lipinski definition) is 2. The monoisotopic (exact) mass is 590 g/mol. The van der Waals surface area contributed by atoms with Crippen molar-refractivity contribution in [3.63, 3.8) is 0 Å². The zero-order valence-corrected chi connectivity index (χ0v) is 28.0. The summed E-state index contributed by atoms with van der Waals surface area (Å²) in [6.45, 7) is 19.7. The van der Waals surface area contributed by atoms with Gasteiger partial charge in [0, 0.05) is 23.8 Å². The summed E-state index contributed by atoms with van der Waals surface area (Å²) in [5.74, 6) is 0.244. The number of carbonyl (C=O) groups excluding carboxylic acids is 1. The Morgan fingerprint density at radius 1 is 0.907 bits per heavy atom. The molecule has 1 aliphatic rings. The fraction of sp³-hybridized carbons (Fsp3) is 0.605. The Kier molecular flexibility index (Phi) is 14.4. The highest BCUT2D eigenvalue weighted by Gasteiger charge is 2.30. The summed E-state index contributed by atoms with van der Waals surface area (Å²) in [6, 6.07) is 13.1. The van der Waals surface area contributed by atoms with E-state index in [9.17, 15) is 9.90 Å². The maximum absolute atomic E-state index is 13.3. The van der Waals surface area contributed by atoms with Crippen LogP contribution in [0.15, 0.2) is 48.7 Å². The van der Waals surface area contributed by atoms with Crippen molar-refractivity contribution >= 4 is 11.5 Å². The molecule has 0 radical (unpaired) electrons. The number of Topliss-reactive ketones (excluding diaryl/α,β-unsaturated/α-hetero) is 1. The van der Waals surface area contributed by atoms with E-state index in [-0.39, 0.29) is 12.5 Å². The third-order valence-electron chi connectivity index (χ3n) is 9.68. The van der Waals surface area contributed by atoms with Crippen LogP contribution in [0.5, 0.6) is 0 Å². The largest absolute Gasteiger partial charge is 0.358 e. The molecule has 0 amide bonds. The second-order valence-electron chi connectivity index (χ2n) is 13.3. The van der Waals surface area contributed by atoms with E-state index in [1.165, 1.54) is 60.0 Å². The fourth-order valence-corrected chi connectivity index (χ4v) is 6.94. The highest BCUT2D eigenvalue weighted by Crippen LogP contribution is 2.27. The Morgan fingerprint density at radius 2 is 1.51 bits per heavy atom. The van der Waals surface area contributed by atoms with Crippen LogP contribution in [0.3, 0.4) is 0 Å². The smallest absolute Gasteiger partial charge is 0.191 e. The minimum absolute atomic E-state index is 0.0488. The number of carbonyl (C=O) groups is 1. The summed E-state index contributed by atoms with van der Waals surface area (Å²) >= 11 is 0. The van der Waals surface area contributed by atoms with Crippen LogP contribution < -0.4 is 5.32 Å². The van der Waals surface area contributed by atoms with Gasteiger partial charge in [-0.2, -0.15) is 0 Å². The van der Waals surface area contributed by atoms with Crippen molar-refractivity contribution in [1.82, 2.24) is 4.90 Å². The molecule has 5 heteroatoms. The van der Waals surface area contributed by atoms with E-state index < -0.39 is 0 Å². The van der Waals surface area contributed by atoms with Gasteiger partial charge < -0.3 is 10.4 Å². The molecule has 5 nitrogen and oxygen atoms in total. The van der Waals surface area contributed by atoms with Gasteiger partial charge in [-0.25, -0.2) is 0 Å². The number of rotatable bonds is 19. The van der Waals surface area contributed by atoms with Crippen LogP contribution in [0.25, 0.3) is 0 Å². The first-order valence-electron chi connectivity index (χ1n) is 17.0. The SMILES string of the molecule is C=C(Nc1c(C)cccc1C)C1CCCCN1CCCCCC[N+](CO)(CCCCC)CC(=O)Cc1c(C)cccc1C. The molecule has 2 unspecified atom stereocenters. The van der Waals surface area contributed by atoms with Gasteiger partial charge >= 0.3 is 0 Å². The van der Waals surface area contributed by atoms with Crippen LogP contribution in [0.2, 0.25) is 0 Å². The number of benzene rings is 2. The van der Waals surface area contributed by atoms with Gasteiger partial charge in [0.1, 0.15) is 6.54 Å². The number of likely N-dealkylation sites (tertiary alicyclic amines) is 1. The number of hydrogen-bond acceptors (Lipinski definition) is 4. The minimum atomic E-state index is 0.0488. The molecule has 2 N–H and O–H groups in total. The van der Waals surface area contributed by atoms with Crippen LogP contribution in [-0.4, -0.2) is 65.8 Å². The van der Waals surface area contributed by atoms with Crippen molar-refractivity contribution in [2.24, 2.45) is 0 Å². The Hall–Kier alpha value is -2.47. The predicted molar refractivity (Wildman–Crippen MR) is 182 cm³/mol. The Bertz CT molecular complexity index is 1140. The van der Waals surface area contributed by atoms with Crippen molar-refractivity contribution < 1.29 is 14.4 Å². The van der Waals surface area contributed by atoms with Crippen molar-refractivity contribution in [2.75, 3.05) is 44.8 Å². The van der Waals surface area contributed by atoms with Crippen LogP contribution in [0, 0.1) is 27.7 Å². The summed E-state index contributed by atoms with van der Waals surface area (Å²) in [5, 5.41) is 14.3. The molecule has 2 aromatic carbocycles. The average Bonchev–Trinajstić information content (AvgIpc) is 2.99. The summed E-state index contributed by atoms with van der Waals surface area (Å²) in [4.78, 5) is 16.0. The lowest BCUT2D eigenvalue weighted by molar-refractivity contribution is -0.938. The molecular weight excluding hydrogens is 530 g/mol. The van der Waals surface area contributed by atoms with E-state index in [0.717, 1.165) is 69.5 Å². The quantitative estimate of drug-likeness (QED) is 0.0988. The van der Waals surface area contributed by atoms with Gasteiger partial charge in [-0.3, -0.25) is 14.2 Å². The molecule has 2 aromatic rings. The molecule has 238 valence electrons. The molecule has 2 atom stereocenters. The van der Waals surface area contributed by atoms with Crippen molar-refractivity contribution in [1.29, 1.82) is 0 Å². The molecule has 1 aliphatic heterocycles. The number of unbranched alkanes of at least 4 members (excludes halogenated alkanes) is 5. The Labute approximate surface area is 263 Å². The van der Waals surface area contributed by atoms with Gasteiger partial charge in [-0.15, -0.1) is 0 Å². The Morgan fingerprint density at radius 3 is 2.14 bits per heavy atom. The lowest BCUT2D eigenvalue weighted by atomic mass is 9.97. The molecule has 0 bridgehead atoms. The first-order chi connectivity index (χ1) is 20.7. The van der Waals surface area contributed by atoms with Crippen molar-refractivity contribution in [3.05, 3.63) is 76.5 Å². The Balaban J connectivity index is 1.50. The zero-order valence-electron chi connectivity index (χ0n) is 28.0. The van der Waals surface area contributed by atoms with E-state index >= 15 is 0 Å². The van der Waals surface area contributed by atoms with Crippen molar-refractivity contribution in [2.45, 2.75) is 111 Å². The topological polar surface area (TPSA) is 52.6 Å². The van der Waals surface area contributed by atoms with Gasteiger partial charge in [0.05, 0.1) is 13.1 Å². The normalized spacial score (nSPS) is 17.0. The number of quaternary nitrogens is 1. The molecule has 1 fully saturated rings. The summed E-state index contributed by atoms with van der Waals surface area (Å²) in [7, 11) is 0. The van der Waals surface area contributed by atoms with Gasteiger partial charge in [-0.1, -0.05) is 69.2 Å². The van der Waals surface area contributed by atoms with E-state index in [1.807, 2.05) is 0 Å². The molecule has 0 aromatic heterocycles. The average molecular weight is 591 g/mol. The van der Waals surface area contributed by atoms with Gasteiger partial charge in [0.15, 0.2) is 12.5 Å². The number of para-hydroxylation sites is 1. The summed E-state index contributed by atoms with van der Waals surface area (Å²) in [6.07, 6.45) is 12.0. The number of aliphatic hydroxyl groups excluding tert-OH is 1. The van der Waals surface area contributed by atoms with E-state index in [2.05, 4.69) is 87.8 Å². The zero-order chi connectivity index (χ0) is 31.2. The molecule has 0 aliphatic carbocycles. The fourth-order valence-electron chi connectivity index (χ4n) is 6.94. The second-order valence-corrected chi connectivity index (χ2v) is 13.3. The van der Waals surface area contributed by atoms with E-state index in [1.54, 1.807) is 0 Å². The predicted octanol–water partition coefficient (Wildman–Crippen LogP) is 8.03.